The second-order valence-electron chi connectivity index (χ2n) is 29.8. The van der Waals surface area contributed by atoms with Gasteiger partial charge in [0.15, 0.2) is 6.10 Å². The molecule has 0 radical (unpaired) electrons. The molecule has 0 fully saturated rings. The zero-order valence-corrected chi connectivity index (χ0v) is 65.5. The lowest BCUT2D eigenvalue weighted by molar-refractivity contribution is -0.870. The molecule has 96 heavy (non-hydrogen) atoms. The molecule has 2 unspecified atom stereocenters. The fourth-order valence-corrected chi connectivity index (χ4v) is 13.4. The average Bonchev–Trinajstić information content (AvgIpc) is 2.74. The van der Waals surface area contributed by atoms with E-state index in [2.05, 4.69) is 74.6 Å². The van der Waals surface area contributed by atoms with Gasteiger partial charge in [0, 0.05) is 12.8 Å². The van der Waals surface area contributed by atoms with Gasteiger partial charge in [0.25, 0.3) is 0 Å². The first-order chi connectivity index (χ1) is 47.0. The van der Waals surface area contributed by atoms with Crippen LogP contribution in [0.5, 0.6) is 0 Å². The molecule has 0 bridgehead atoms. The van der Waals surface area contributed by atoms with Gasteiger partial charge in [-0.25, -0.2) is 4.57 Å². The summed E-state index contributed by atoms with van der Waals surface area (Å²) >= 11 is 0. The van der Waals surface area contributed by atoms with Crippen molar-refractivity contribution in [3.05, 3.63) is 60.8 Å². The summed E-state index contributed by atoms with van der Waals surface area (Å²) in [7, 11) is 1.50. The number of carbonyl (C=O) groups excluding carboxylic acids is 2. The van der Waals surface area contributed by atoms with E-state index in [0.29, 0.717) is 23.9 Å². The summed E-state index contributed by atoms with van der Waals surface area (Å²) in [5, 5.41) is 0. The summed E-state index contributed by atoms with van der Waals surface area (Å²) in [6.07, 6.45) is 104. The van der Waals surface area contributed by atoms with Gasteiger partial charge in [-0.05, 0) is 57.8 Å². The van der Waals surface area contributed by atoms with E-state index < -0.39 is 26.5 Å². The Morgan fingerprint density at radius 2 is 0.594 bits per heavy atom. The fraction of sp³-hybridized carbons (Fsp3) is 0.860. The van der Waals surface area contributed by atoms with Gasteiger partial charge in [0.05, 0.1) is 27.7 Å². The van der Waals surface area contributed by atoms with E-state index in [4.69, 9.17) is 18.5 Å². The van der Waals surface area contributed by atoms with Crippen molar-refractivity contribution in [2.24, 2.45) is 0 Å². The third-order valence-electron chi connectivity index (χ3n) is 19.1. The third-order valence-corrected chi connectivity index (χ3v) is 20.0. The molecular formula is C86H163NO8P+. The number of unbranched alkanes of at least 4 members (excludes halogenated alkanes) is 55. The van der Waals surface area contributed by atoms with E-state index in [1.165, 1.54) is 327 Å². The quantitative estimate of drug-likeness (QED) is 0.0211. The Morgan fingerprint density at radius 1 is 0.333 bits per heavy atom. The number of allylic oxidation sites excluding steroid dienone is 10. The molecule has 0 heterocycles. The van der Waals surface area contributed by atoms with Crippen LogP contribution in [0.25, 0.3) is 0 Å². The van der Waals surface area contributed by atoms with Crippen LogP contribution >= 0.6 is 7.82 Å². The minimum Gasteiger partial charge on any atom is -0.462 e. The number of esters is 2. The topological polar surface area (TPSA) is 108 Å². The van der Waals surface area contributed by atoms with E-state index in [9.17, 15) is 19.0 Å². The molecule has 0 saturated heterocycles. The highest BCUT2D eigenvalue weighted by Crippen LogP contribution is 2.43. The maximum absolute atomic E-state index is 12.9. The number of nitrogens with zero attached hydrogens (tertiary/aromatic N) is 1. The Balaban J connectivity index is 3.88. The smallest absolute Gasteiger partial charge is 0.462 e. The molecule has 0 saturated carbocycles. The van der Waals surface area contributed by atoms with Crippen LogP contribution in [-0.2, 0) is 32.7 Å². The lowest BCUT2D eigenvalue weighted by Gasteiger charge is -2.24. The third kappa shape index (κ3) is 80.7. The van der Waals surface area contributed by atoms with Crippen molar-refractivity contribution in [1.29, 1.82) is 0 Å². The summed E-state index contributed by atoms with van der Waals surface area (Å²) < 4.78 is 34.9. The first kappa shape index (κ1) is 93.7. The Kier molecular flexibility index (Phi) is 75.0. The molecule has 2 atom stereocenters. The van der Waals surface area contributed by atoms with Crippen LogP contribution in [-0.4, -0.2) is 74.9 Å². The number of hydrogen-bond acceptors (Lipinski definition) is 7. The number of phosphoric ester groups is 1. The highest BCUT2D eigenvalue weighted by molar-refractivity contribution is 7.47. The number of carbonyl (C=O) groups is 2. The van der Waals surface area contributed by atoms with E-state index in [1.807, 2.05) is 21.1 Å². The molecule has 0 rings (SSSR count). The summed E-state index contributed by atoms with van der Waals surface area (Å²) in [5.74, 6) is -0.773. The van der Waals surface area contributed by atoms with E-state index >= 15 is 0 Å². The van der Waals surface area contributed by atoms with Crippen LogP contribution < -0.4 is 0 Å². The molecule has 0 aliphatic rings. The van der Waals surface area contributed by atoms with Crippen molar-refractivity contribution in [1.82, 2.24) is 0 Å². The van der Waals surface area contributed by atoms with Crippen molar-refractivity contribution in [3.63, 3.8) is 0 Å². The summed E-state index contributed by atoms with van der Waals surface area (Å²) in [4.78, 5) is 36.0. The lowest BCUT2D eigenvalue weighted by Crippen LogP contribution is -2.37. The average molecular weight is 1370 g/mol. The van der Waals surface area contributed by atoms with Gasteiger partial charge in [0.2, 0.25) is 0 Å². The van der Waals surface area contributed by atoms with Gasteiger partial charge in [-0.3, -0.25) is 18.6 Å². The minimum absolute atomic E-state index is 0.0340. The molecule has 0 aliphatic heterocycles. The molecule has 10 heteroatoms. The standard InChI is InChI=1S/C86H162NO8P/c1-6-8-10-12-14-16-18-20-22-24-26-28-30-32-34-36-38-40-42-43-45-46-48-50-52-54-56-58-60-62-64-66-68-70-72-74-76-78-85(88)92-82-84(83-94-96(90,91)93-81-80-87(3,4)5)95-86(89)79-77-75-73-71-69-67-65-63-61-59-57-55-53-51-49-47-44-41-39-37-35-33-31-29-27-25-23-21-19-17-15-13-11-9-7-2/h9,11,15,17,21,23,27,29,33,35,84H,6-8,10,12-14,16,18-20,22,24-26,28,30-32,34,36-83H2,1-5H3/p+1/b11-9-,17-15-,23-21-,29-27-,35-33-. The minimum atomic E-state index is -4.40. The van der Waals surface area contributed by atoms with Crippen LogP contribution in [0.2, 0.25) is 0 Å². The molecule has 0 spiro atoms. The predicted octanol–water partition coefficient (Wildman–Crippen LogP) is 28.1. The Morgan fingerprint density at radius 3 is 0.885 bits per heavy atom. The molecule has 0 aromatic rings. The van der Waals surface area contributed by atoms with Gasteiger partial charge in [-0.2, -0.15) is 0 Å². The predicted molar refractivity (Wildman–Crippen MR) is 418 cm³/mol. The van der Waals surface area contributed by atoms with Crippen molar-refractivity contribution in [3.8, 4) is 0 Å². The fourth-order valence-electron chi connectivity index (χ4n) is 12.7. The highest BCUT2D eigenvalue weighted by Gasteiger charge is 2.27. The summed E-state index contributed by atoms with van der Waals surface area (Å²) in [6.45, 7) is 4.40. The number of hydrogen-bond donors (Lipinski definition) is 1. The Labute approximate surface area is 597 Å². The maximum atomic E-state index is 12.9. The number of quaternary nitrogens is 1. The van der Waals surface area contributed by atoms with Gasteiger partial charge >= 0.3 is 19.8 Å². The van der Waals surface area contributed by atoms with Crippen LogP contribution in [0.4, 0.5) is 0 Å². The highest BCUT2D eigenvalue weighted by atomic mass is 31.2. The first-order valence-electron chi connectivity index (χ1n) is 42.0. The van der Waals surface area contributed by atoms with Gasteiger partial charge in [0.1, 0.15) is 19.8 Å². The molecule has 0 aromatic carbocycles. The number of likely N-dealkylation sites (N-methyl/N-ethyl adjacent to an activating group) is 1. The second kappa shape index (κ2) is 76.9. The van der Waals surface area contributed by atoms with Gasteiger partial charge in [-0.1, -0.05) is 415 Å². The molecular weight excluding hydrogens is 1210 g/mol. The number of ether oxygens (including phenoxy) is 2. The van der Waals surface area contributed by atoms with Crippen LogP contribution in [0, 0.1) is 0 Å². The molecule has 9 nitrogen and oxygen atoms in total. The monoisotopic (exact) mass is 1370 g/mol. The summed E-state index contributed by atoms with van der Waals surface area (Å²) in [5.41, 5.74) is 0. The number of phosphoric acid groups is 1. The van der Waals surface area contributed by atoms with E-state index in [1.54, 1.807) is 0 Å². The largest absolute Gasteiger partial charge is 0.472 e. The molecule has 0 aliphatic carbocycles. The van der Waals surface area contributed by atoms with Crippen LogP contribution in [0.15, 0.2) is 60.8 Å². The maximum Gasteiger partial charge on any atom is 0.472 e. The second-order valence-corrected chi connectivity index (χ2v) is 31.3. The van der Waals surface area contributed by atoms with Crippen molar-refractivity contribution >= 4 is 19.8 Å². The van der Waals surface area contributed by atoms with E-state index in [-0.39, 0.29) is 25.6 Å². The van der Waals surface area contributed by atoms with Crippen molar-refractivity contribution < 1.29 is 42.1 Å². The van der Waals surface area contributed by atoms with Crippen LogP contribution in [0.3, 0.4) is 0 Å². The summed E-state index contributed by atoms with van der Waals surface area (Å²) in [6, 6.07) is 0. The van der Waals surface area contributed by atoms with Crippen molar-refractivity contribution in [2.75, 3.05) is 47.5 Å². The van der Waals surface area contributed by atoms with Crippen molar-refractivity contribution in [2.45, 2.75) is 431 Å². The zero-order valence-electron chi connectivity index (χ0n) is 64.6. The molecule has 0 aromatic heterocycles. The Hall–Kier alpha value is -2.29. The van der Waals surface area contributed by atoms with Gasteiger partial charge in [-0.15, -0.1) is 0 Å². The van der Waals surface area contributed by atoms with Gasteiger partial charge < -0.3 is 18.9 Å². The SMILES string of the molecule is CC/C=C\C/C=C\C/C=C\C/C=C\C/C=C\CCCCCCCCCCCCCCCCCCCCCC(=O)OC(COC(=O)CCCCCCCCCCCCCCCCCCCCCCCCCCCCCCCCCCCCCCC)COP(=O)(O)OCC[N+](C)(C)C. The zero-order chi connectivity index (χ0) is 69.7. The van der Waals surface area contributed by atoms with E-state index in [0.717, 1.165) is 64.2 Å². The first-order valence-corrected chi connectivity index (χ1v) is 43.5. The normalized spacial score (nSPS) is 13.3. The molecule has 0 amide bonds. The number of rotatable bonds is 79. The lowest BCUT2D eigenvalue weighted by atomic mass is 10.0. The van der Waals surface area contributed by atoms with Crippen LogP contribution in [0.1, 0.15) is 425 Å². The Bertz CT molecular complexity index is 1800. The molecule has 1 N–H and O–H groups in total. The molecule has 564 valence electrons.